The standard InChI is InChI=1S/C11H18N4O3/c1-5(16)4-7-8(12)6(2)11(15(17)18)10(14-3)9(7)13/h5,14,16H,4,12-13H2,1-3H3. The van der Waals surface area contributed by atoms with Crippen LogP contribution in [0, 0.1) is 17.0 Å². The third-order valence-electron chi connectivity index (χ3n) is 2.85. The van der Waals surface area contributed by atoms with Crippen molar-refractivity contribution in [1.29, 1.82) is 0 Å². The molecule has 1 aromatic rings. The first-order valence-electron chi connectivity index (χ1n) is 5.51. The van der Waals surface area contributed by atoms with Gasteiger partial charge in [-0.15, -0.1) is 0 Å². The average molecular weight is 254 g/mol. The number of rotatable bonds is 4. The van der Waals surface area contributed by atoms with Gasteiger partial charge in [-0.1, -0.05) is 0 Å². The molecule has 18 heavy (non-hydrogen) atoms. The first kappa shape index (κ1) is 14.0. The van der Waals surface area contributed by atoms with Crippen LogP contribution in [-0.4, -0.2) is 23.2 Å². The molecule has 0 saturated carbocycles. The largest absolute Gasteiger partial charge is 0.398 e. The Hall–Kier alpha value is -2.02. The molecule has 0 bridgehead atoms. The van der Waals surface area contributed by atoms with Crippen molar-refractivity contribution in [3.05, 3.63) is 21.2 Å². The molecule has 0 aliphatic rings. The van der Waals surface area contributed by atoms with Gasteiger partial charge in [0.15, 0.2) is 0 Å². The van der Waals surface area contributed by atoms with E-state index in [0.29, 0.717) is 11.1 Å². The van der Waals surface area contributed by atoms with E-state index >= 15 is 0 Å². The SMILES string of the molecule is CNc1c(N)c(CC(C)O)c(N)c(C)c1[N+](=O)[O-]. The minimum atomic E-state index is -0.625. The Morgan fingerprint density at radius 3 is 2.39 bits per heavy atom. The number of aliphatic hydroxyl groups is 1. The van der Waals surface area contributed by atoms with Crippen LogP contribution >= 0.6 is 0 Å². The predicted octanol–water partition coefficient (Wildman–Crippen LogP) is 1.03. The number of aliphatic hydroxyl groups excluding tert-OH is 1. The van der Waals surface area contributed by atoms with Gasteiger partial charge >= 0.3 is 0 Å². The second-order valence-electron chi connectivity index (χ2n) is 4.21. The van der Waals surface area contributed by atoms with Crippen LogP contribution in [0.5, 0.6) is 0 Å². The molecule has 0 aliphatic carbocycles. The van der Waals surface area contributed by atoms with Crippen molar-refractivity contribution >= 4 is 22.7 Å². The summed E-state index contributed by atoms with van der Waals surface area (Å²) < 4.78 is 0. The summed E-state index contributed by atoms with van der Waals surface area (Å²) in [7, 11) is 1.56. The molecular weight excluding hydrogens is 236 g/mol. The fourth-order valence-corrected chi connectivity index (χ4v) is 1.96. The van der Waals surface area contributed by atoms with E-state index < -0.39 is 11.0 Å². The zero-order valence-electron chi connectivity index (χ0n) is 10.7. The minimum absolute atomic E-state index is 0.123. The van der Waals surface area contributed by atoms with Crippen LogP contribution in [0.4, 0.5) is 22.7 Å². The Labute approximate surface area is 105 Å². The summed E-state index contributed by atoms with van der Waals surface area (Å²) in [5, 5.41) is 23.2. The van der Waals surface area contributed by atoms with Gasteiger partial charge in [-0.2, -0.15) is 0 Å². The van der Waals surface area contributed by atoms with Crippen molar-refractivity contribution in [2.45, 2.75) is 26.4 Å². The van der Waals surface area contributed by atoms with Gasteiger partial charge in [0.25, 0.3) is 5.69 Å². The van der Waals surface area contributed by atoms with Crippen LogP contribution in [-0.2, 0) is 6.42 Å². The van der Waals surface area contributed by atoms with E-state index in [1.807, 2.05) is 0 Å². The Morgan fingerprint density at radius 1 is 1.44 bits per heavy atom. The molecule has 1 aromatic carbocycles. The maximum Gasteiger partial charge on any atom is 0.299 e. The number of nitrogens with one attached hydrogen (secondary N) is 1. The zero-order chi connectivity index (χ0) is 14.0. The lowest BCUT2D eigenvalue weighted by atomic mass is 9.97. The number of anilines is 3. The highest BCUT2D eigenvalue weighted by atomic mass is 16.6. The summed E-state index contributed by atoms with van der Waals surface area (Å²) in [5.41, 5.74) is 13.3. The van der Waals surface area contributed by atoms with Gasteiger partial charge < -0.3 is 21.9 Å². The Balaban J connectivity index is 3.59. The number of nitro benzene ring substituents is 1. The van der Waals surface area contributed by atoms with E-state index in [1.54, 1.807) is 20.9 Å². The number of nitrogens with two attached hydrogens (primary N) is 2. The zero-order valence-corrected chi connectivity index (χ0v) is 10.7. The lowest BCUT2D eigenvalue weighted by Crippen LogP contribution is -2.14. The van der Waals surface area contributed by atoms with Gasteiger partial charge in [-0.3, -0.25) is 10.1 Å². The van der Waals surface area contributed by atoms with Crippen molar-refractivity contribution in [2.75, 3.05) is 23.8 Å². The minimum Gasteiger partial charge on any atom is -0.398 e. The topological polar surface area (TPSA) is 127 Å². The average Bonchev–Trinajstić information content (AvgIpc) is 2.28. The van der Waals surface area contributed by atoms with Gasteiger partial charge in [-0.25, -0.2) is 0 Å². The fraction of sp³-hybridized carbons (Fsp3) is 0.455. The van der Waals surface area contributed by atoms with E-state index in [2.05, 4.69) is 5.32 Å². The summed E-state index contributed by atoms with van der Waals surface area (Å²) in [5.74, 6) is 0. The molecular formula is C11H18N4O3. The van der Waals surface area contributed by atoms with Gasteiger partial charge in [0, 0.05) is 24.7 Å². The summed E-state index contributed by atoms with van der Waals surface area (Å²) in [6.07, 6.45) is -0.370. The smallest absolute Gasteiger partial charge is 0.299 e. The Bertz CT molecular complexity index is 486. The number of nitrogens with zero attached hydrogens (tertiary/aromatic N) is 1. The normalized spacial score (nSPS) is 12.2. The third-order valence-corrected chi connectivity index (χ3v) is 2.85. The summed E-state index contributed by atoms with van der Waals surface area (Å²) >= 11 is 0. The van der Waals surface area contributed by atoms with Gasteiger partial charge in [0.2, 0.25) is 0 Å². The maximum absolute atomic E-state index is 11.0. The van der Waals surface area contributed by atoms with Crippen molar-refractivity contribution in [2.24, 2.45) is 0 Å². The van der Waals surface area contributed by atoms with Gasteiger partial charge in [0.1, 0.15) is 5.69 Å². The molecule has 7 heteroatoms. The molecule has 0 spiro atoms. The van der Waals surface area contributed by atoms with Crippen LogP contribution < -0.4 is 16.8 Å². The molecule has 100 valence electrons. The lowest BCUT2D eigenvalue weighted by Gasteiger charge is -2.17. The van der Waals surface area contributed by atoms with E-state index in [-0.39, 0.29) is 29.2 Å². The third kappa shape index (κ3) is 2.30. The molecule has 0 fully saturated rings. The Kier molecular flexibility index (Phi) is 3.97. The quantitative estimate of drug-likeness (QED) is 0.361. The Morgan fingerprint density at radius 2 is 2.00 bits per heavy atom. The number of hydrogen-bond donors (Lipinski definition) is 4. The summed E-state index contributed by atoms with van der Waals surface area (Å²) in [6.45, 7) is 3.17. The molecule has 0 radical (unpaired) electrons. The number of benzene rings is 1. The molecule has 0 aliphatic heterocycles. The highest BCUT2D eigenvalue weighted by Gasteiger charge is 2.26. The van der Waals surface area contributed by atoms with Crippen molar-refractivity contribution in [3.63, 3.8) is 0 Å². The number of hydrogen-bond acceptors (Lipinski definition) is 6. The highest BCUT2D eigenvalue weighted by Crippen LogP contribution is 2.41. The van der Waals surface area contributed by atoms with Crippen LogP contribution in [0.3, 0.4) is 0 Å². The predicted molar refractivity (Wildman–Crippen MR) is 71.6 cm³/mol. The molecule has 1 unspecified atom stereocenters. The maximum atomic E-state index is 11.0. The van der Waals surface area contributed by atoms with Gasteiger partial charge in [-0.05, 0) is 13.8 Å². The van der Waals surface area contributed by atoms with E-state index in [0.717, 1.165) is 0 Å². The molecule has 0 saturated heterocycles. The monoisotopic (exact) mass is 254 g/mol. The molecule has 1 rings (SSSR count). The molecule has 1 atom stereocenters. The molecule has 7 nitrogen and oxygen atoms in total. The van der Waals surface area contributed by atoms with Crippen LogP contribution in [0.1, 0.15) is 18.1 Å². The lowest BCUT2D eigenvalue weighted by molar-refractivity contribution is -0.384. The molecule has 6 N–H and O–H groups in total. The van der Waals surface area contributed by atoms with Crippen molar-refractivity contribution < 1.29 is 10.0 Å². The van der Waals surface area contributed by atoms with Crippen LogP contribution in [0.15, 0.2) is 0 Å². The van der Waals surface area contributed by atoms with Crippen molar-refractivity contribution in [1.82, 2.24) is 0 Å². The van der Waals surface area contributed by atoms with E-state index in [4.69, 9.17) is 11.5 Å². The fourth-order valence-electron chi connectivity index (χ4n) is 1.96. The van der Waals surface area contributed by atoms with Crippen LogP contribution in [0.25, 0.3) is 0 Å². The first-order chi connectivity index (χ1) is 8.31. The number of nitrogen functional groups attached to an aromatic ring is 2. The summed E-state index contributed by atoms with van der Waals surface area (Å²) in [4.78, 5) is 10.5. The summed E-state index contributed by atoms with van der Waals surface area (Å²) in [6, 6.07) is 0. The molecule has 0 heterocycles. The number of nitro groups is 1. The van der Waals surface area contributed by atoms with E-state index in [9.17, 15) is 15.2 Å². The van der Waals surface area contributed by atoms with Gasteiger partial charge in [0.05, 0.1) is 22.3 Å². The van der Waals surface area contributed by atoms with E-state index in [1.165, 1.54) is 0 Å². The molecule has 0 aromatic heterocycles. The second-order valence-corrected chi connectivity index (χ2v) is 4.21. The van der Waals surface area contributed by atoms with Crippen molar-refractivity contribution in [3.8, 4) is 0 Å². The molecule has 0 amide bonds. The first-order valence-corrected chi connectivity index (χ1v) is 5.51. The second kappa shape index (κ2) is 5.09. The van der Waals surface area contributed by atoms with Crippen LogP contribution in [0.2, 0.25) is 0 Å². The highest BCUT2D eigenvalue weighted by molar-refractivity contribution is 5.87.